The van der Waals surface area contributed by atoms with Crippen LogP contribution < -0.4 is 5.73 Å². The molecule has 0 radical (unpaired) electrons. The summed E-state index contributed by atoms with van der Waals surface area (Å²) in [7, 11) is -2.12. The number of hydrogen-bond acceptors (Lipinski definition) is 2. The second-order valence-electron chi connectivity index (χ2n) is 0.923. The lowest BCUT2D eigenvalue weighted by atomic mass is 10.7. The van der Waals surface area contributed by atoms with Gasteiger partial charge in [-0.1, -0.05) is 0 Å². The van der Waals surface area contributed by atoms with Gasteiger partial charge in [0.05, 0.1) is 0 Å². The fourth-order valence-electron chi connectivity index (χ4n) is 0.151. The van der Waals surface area contributed by atoms with Gasteiger partial charge >= 0.3 is 8.03 Å². The van der Waals surface area contributed by atoms with E-state index in [0.717, 1.165) is 5.82 Å². The summed E-state index contributed by atoms with van der Waals surface area (Å²) in [6, 6.07) is 0. The summed E-state index contributed by atoms with van der Waals surface area (Å²) in [6.07, 6.45) is 1.44. The van der Waals surface area contributed by atoms with E-state index < -0.39 is 8.03 Å². The minimum Gasteiger partial charge on any atom is -0.327 e. The summed E-state index contributed by atoms with van der Waals surface area (Å²) in [5, 5.41) is 0. The molecule has 0 aromatic heterocycles. The molecule has 0 spiro atoms. The highest BCUT2D eigenvalue weighted by atomic mass is 31.1. The zero-order chi connectivity index (χ0) is 5.70. The van der Waals surface area contributed by atoms with Gasteiger partial charge in [0.25, 0.3) is 0 Å². The van der Waals surface area contributed by atoms with Crippen LogP contribution in [-0.2, 0) is 4.57 Å². The lowest BCUT2D eigenvalue weighted by molar-refractivity contribution is 0.512. The Balaban J connectivity index is 3.26. The van der Waals surface area contributed by atoms with Crippen LogP contribution in [0, 0.1) is 0 Å². The molecule has 0 rings (SSSR count). The number of nitrogens with two attached hydrogens (primary N) is 1. The summed E-state index contributed by atoms with van der Waals surface area (Å²) in [4.78, 5) is 8.05. The van der Waals surface area contributed by atoms with E-state index in [-0.39, 0.29) is 0 Å². The second kappa shape index (κ2) is 3.93. The molecule has 0 aromatic rings. The van der Waals surface area contributed by atoms with Crippen molar-refractivity contribution in [2.75, 3.05) is 6.54 Å². The third-order valence-electron chi connectivity index (χ3n) is 0.369. The zero-order valence-electron chi connectivity index (χ0n) is 3.74. The first-order chi connectivity index (χ1) is 3.27. The smallest absolute Gasteiger partial charge is 0.327 e. The molecular formula is C3H7NO2P+. The third kappa shape index (κ3) is 5.76. The van der Waals surface area contributed by atoms with E-state index in [1.165, 1.54) is 6.08 Å². The van der Waals surface area contributed by atoms with Crippen molar-refractivity contribution in [2.24, 2.45) is 5.73 Å². The van der Waals surface area contributed by atoms with Crippen LogP contribution in [0.25, 0.3) is 0 Å². The molecule has 1 atom stereocenters. The Morgan fingerprint density at radius 1 is 1.86 bits per heavy atom. The van der Waals surface area contributed by atoms with Crippen molar-refractivity contribution in [3.8, 4) is 0 Å². The van der Waals surface area contributed by atoms with Crippen molar-refractivity contribution in [2.45, 2.75) is 0 Å². The van der Waals surface area contributed by atoms with Gasteiger partial charge in [-0.25, -0.2) is 0 Å². The van der Waals surface area contributed by atoms with E-state index in [2.05, 4.69) is 0 Å². The van der Waals surface area contributed by atoms with Crippen LogP contribution in [0.3, 0.4) is 0 Å². The lowest BCUT2D eigenvalue weighted by Crippen LogP contribution is -1.91. The van der Waals surface area contributed by atoms with Crippen LogP contribution in [0.15, 0.2) is 11.9 Å². The molecule has 4 heteroatoms. The van der Waals surface area contributed by atoms with Crippen molar-refractivity contribution in [3.05, 3.63) is 11.9 Å². The van der Waals surface area contributed by atoms with Crippen LogP contribution in [0.2, 0.25) is 0 Å². The van der Waals surface area contributed by atoms with Gasteiger partial charge in [-0.2, -0.15) is 4.89 Å². The van der Waals surface area contributed by atoms with Crippen LogP contribution in [-0.4, -0.2) is 11.4 Å². The average molecular weight is 120 g/mol. The Morgan fingerprint density at radius 3 is 2.57 bits per heavy atom. The molecule has 7 heavy (non-hydrogen) atoms. The fraction of sp³-hybridized carbons (Fsp3) is 0.333. The fourth-order valence-corrected chi connectivity index (χ4v) is 0.453. The predicted octanol–water partition coefficient (Wildman–Crippen LogP) is 0.194. The summed E-state index contributed by atoms with van der Waals surface area (Å²) in [5.74, 6) is 1.16. The van der Waals surface area contributed by atoms with Crippen molar-refractivity contribution in [1.82, 2.24) is 0 Å². The summed E-state index contributed by atoms with van der Waals surface area (Å²) >= 11 is 0. The number of rotatable bonds is 2. The monoisotopic (exact) mass is 120 g/mol. The highest BCUT2D eigenvalue weighted by molar-refractivity contribution is 7.41. The first kappa shape index (κ1) is 6.76. The molecule has 0 aromatic carbocycles. The van der Waals surface area contributed by atoms with Gasteiger partial charge in [-0.3, -0.25) is 0 Å². The molecule has 0 fully saturated rings. The van der Waals surface area contributed by atoms with Crippen LogP contribution in [0.5, 0.6) is 0 Å². The maximum Gasteiger partial charge on any atom is 0.537 e. The van der Waals surface area contributed by atoms with Gasteiger partial charge < -0.3 is 5.73 Å². The Labute approximate surface area is 42.7 Å². The van der Waals surface area contributed by atoms with Crippen molar-refractivity contribution >= 4 is 8.03 Å². The molecule has 40 valence electrons. The predicted molar refractivity (Wildman–Crippen MR) is 28.0 cm³/mol. The summed E-state index contributed by atoms with van der Waals surface area (Å²) in [5.41, 5.74) is 4.95. The van der Waals surface area contributed by atoms with E-state index in [1.54, 1.807) is 0 Å². The van der Waals surface area contributed by atoms with Crippen molar-refractivity contribution in [3.63, 3.8) is 0 Å². The Hall–Kier alpha value is -0.240. The van der Waals surface area contributed by atoms with E-state index in [0.29, 0.717) is 6.54 Å². The van der Waals surface area contributed by atoms with E-state index in [4.69, 9.17) is 10.6 Å². The standard InChI is InChI=1S/C3H6NO2P/c4-2-1-3-7(5)6/h1,3H,2,4H2/p+1/b3-1+. The third-order valence-corrected chi connectivity index (χ3v) is 0.835. The average Bonchev–Trinajstić information content (AvgIpc) is 1.61. The summed E-state index contributed by atoms with van der Waals surface area (Å²) in [6.45, 7) is 0.321. The first-order valence-electron chi connectivity index (χ1n) is 1.79. The van der Waals surface area contributed by atoms with Gasteiger partial charge in [0.2, 0.25) is 0 Å². The maximum absolute atomic E-state index is 9.76. The van der Waals surface area contributed by atoms with Gasteiger partial charge in [0.1, 0.15) is 0 Å². The highest BCUT2D eigenvalue weighted by Gasteiger charge is 1.97. The van der Waals surface area contributed by atoms with Crippen LogP contribution in [0.1, 0.15) is 0 Å². The van der Waals surface area contributed by atoms with E-state index in [9.17, 15) is 4.57 Å². The van der Waals surface area contributed by atoms with Crippen LogP contribution >= 0.6 is 8.03 Å². The molecule has 3 nitrogen and oxygen atoms in total. The Kier molecular flexibility index (Phi) is 3.80. The van der Waals surface area contributed by atoms with E-state index in [1.807, 2.05) is 0 Å². The molecule has 1 unspecified atom stereocenters. The van der Waals surface area contributed by atoms with E-state index >= 15 is 0 Å². The lowest BCUT2D eigenvalue weighted by Gasteiger charge is -1.64. The second-order valence-corrected chi connectivity index (χ2v) is 1.83. The van der Waals surface area contributed by atoms with Crippen molar-refractivity contribution < 1.29 is 9.46 Å². The number of hydrogen-bond donors (Lipinski definition) is 2. The van der Waals surface area contributed by atoms with Gasteiger partial charge in [-0.05, 0) is 10.6 Å². The van der Waals surface area contributed by atoms with Crippen LogP contribution in [0.4, 0.5) is 0 Å². The molecule has 0 saturated carbocycles. The summed E-state index contributed by atoms with van der Waals surface area (Å²) < 4.78 is 9.76. The molecule has 0 aliphatic carbocycles. The zero-order valence-corrected chi connectivity index (χ0v) is 4.64. The Bertz CT molecular complexity index is 90.9. The Morgan fingerprint density at radius 2 is 2.43 bits per heavy atom. The first-order valence-corrected chi connectivity index (χ1v) is 3.07. The molecule has 0 bridgehead atoms. The van der Waals surface area contributed by atoms with Gasteiger partial charge in [0, 0.05) is 6.54 Å². The molecule has 0 saturated heterocycles. The van der Waals surface area contributed by atoms with Crippen molar-refractivity contribution in [1.29, 1.82) is 0 Å². The molecule has 0 aliphatic heterocycles. The topological polar surface area (TPSA) is 63.3 Å². The molecule has 3 N–H and O–H groups in total. The minimum atomic E-state index is -2.12. The molecule has 0 heterocycles. The molecule has 0 aliphatic rings. The van der Waals surface area contributed by atoms with Gasteiger partial charge in [0.15, 0.2) is 5.82 Å². The SMILES string of the molecule is NC/C=C/[P+](=O)O. The quantitative estimate of drug-likeness (QED) is 0.511. The largest absolute Gasteiger partial charge is 0.537 e. The normalized spacial score (nSPS) is 12.6. The maximum atomic E-state index is 9.76. The highest BCUT2D eigenvalue weighted by Crippen LogP contribution is 2.12. The van der Waals surface area contributed by atoms with Gasteiger partial charge in [-0.15, -0.1) is 0 Å². The molecular weight excluding hydrogens is 113 g/mol. The molecule has 0 amide bonds. The minimum absolute atomic E-state index is 0.321.